The third-order valence-electron chi connectivity index (χ3n) is 18.8. The first-order chi connectivity index (χ1) is 40.7. The van der Waals surface area contributed by atoms with Crippen molar-refractivity contribution in [3.8, 4) is 33.4 Å². The lowest BCUT2D eigenvalue weighted by Crippen LogP contribution is -2.61. The first kappa shape index (κ1) is 49.2. The lowest BCUT2D eigenvalue weighted by atomic mass is 9.33. The average molecular weight is 1060 g/mol. The number of aryl methyl sites for hydroxylation is 2. The quantitative estimate of drug-likeness (QED) is 0.140. The van der Waals surface area contributed by atoms with Gasteiger partial charge in [0.05, 0.1) is 16.8 Å². The van der Waals surface area contributed by atoms with Crippen LogP contribution in [0.2, 0.25) is 0 Å². The Balaban J connectivity index is 1.01. The summed E-state index contributed by atoms with van der Waals surface area (Å²) in [5.41, 5.74) is 31.9. The third kappa shape index (κ3) is 7.12. The van der Waals surface area contributed by atoms with Crippen LogP contribution in [-0.4, -0.2) is 6.71 Å². The molecule has 1 unspecified atom stereocenters. The van der Waals surface area contributed by atoms with Crippen molar-refractivity contribution in [2.24, 2.45) is 0 Å². The molecule has 83 heavy (non-hydrogen) atoms. The summed E-state index contributed by atoms with van der Waals surface area (Å²) in [6.07, 6.45) is 0. The van der Waals surface area contributed by atoms with Gasteiger partial charge in [-0.25, -0.2) is 0 Å². The van der Waals surface area contributed by atoms with Crippen LogP contribution in [0.4, 0.5) is 51.2 Å². The standard InChI is InChI=1S/C79H62BN3/c1-49(2)53-37-40-57(41-38-53)81-72-42-39-55(50(3)4)45-68(72)80-69-46-63-59-29-16-19-33-64(59)79(66(63)47-74(69)82(56-26-11-8-12-27-56)76-44-51(5)43-75(81)78(76)80)65-34-20-17-32-62(65)77-61-31-15-14-30-60(61)73(48-67(77)79)83(70-35-21-13-23-52(70)6)71-36-22-18-28-58(71)54-24-9-7-10-25-54/h7-50H,1-6H3. The normalized spacial score (nSPS) is 14.8. The van der Waals surface area contributed by atoms with Gasteiger partial charge in [-0.3, -0.25) is 0 Å². The number of anilines is 9. The molecule has 2 heterocycles. The molecule has 4 heteroatoms. The van der Waals surface area contributed by atoms with Gasteiger partial charge < -0.3 is 14.7 Å². The summed E-state index contributed by atoms with van der Waals surface area (Å²) < 4.78 is 0. The largest absolute Gasteiger partial charge is 0.311 e. The van der Waals surface area contributed by atoms with E-state index in [2.05, 4.69) is 311 Å². The Bertz CT molecular complexity index is 4620. The van der Waals surface area contributed by atoms with Crippen molar-refractivity contribution in [1.29, 1.82) is 0 Å². The topological polar surface area (TPSA) is 9.72 Å². The van der Waals surface area contributed by atoms with Crippen LogP contribution in [0.5, 0.6) is 0 Å². The van der Waals surface area contributed by atoms with E-state index in [0.717, 1.165) is 22.7 Å². The van der Waals surface area contributed by atoms with Crippen molar-refractivity contribution in [1.82, 2.24) is 0 Å². The maximum atomic E-state index is 2.65. The van der Waals surface area contributed by atoms with E-state index >= 15 is 0 Å². The van der Waals surface area contributed by atoms with Gasteiger partial charge in [-0.15, -0.1) is 0 Å². The van der Waals surface area contributed by atoms with Crippen LogP contribution in [0, 0.1) is 13.8 Å². The van der Waals surface area contributed by atoms with E-state index in [0.29, 0.717) is 11.8 Å². The van der Waals surface area contributed by atoms with Crippen LogP contribution >= 0.6 is 0 Å². The molecule has 0 saturated heterocycles. The molecular weight excluding hydrogens is 1000 g/mol. The smallest absolute Gasteiger partial charge is 0.252 e. The van der Waals surface area contributed by atoms with Crippen LogP contribution in [0.3, 0.4) is 0 Å². The Hall–Kier alpha value is -9.64. The molecule has 12 aromatic rings. The number of rotatable bonds is 8. The zero-order valence-corrected chi connectivity index (χ0v) is 47.8. The minimum atomic E-state index is -0.684. The van der Waals surface area contributed by atoms with E-state index in [9.17, 15) is 0 Å². The predicted molar refractivity (Wildman–Crippen MR) is 352 cm³/mol. The fourth-order valence-electron chi connectivity index (χ4n) is 15.0. The van der Waals surface area contributed by atoms with Gasteiger partial charge in [0, 0.05) is 50.8 Å². The Morgan fingerprint density at radius 1 is 0.373 bits per heavy atom. The Morgan fingerprint density at radius 3 is 1.64 bits per heavy atom. The van der Waals surface area contributed by atoms with Gasteiger partial charge in [0.25, 0.3) is 6.71 Å². The molecule has 2 aliphatic heterocycles. The van der Waals surface area contributed by atoms with E-state index < -0.39 is 5.41 Å². The fraction of sp³-hybridized carbons (Fsp3) is 0.114. The van der Waals surface area contributed by atoms with Gasteiger partial charge >= 0.3 is 0 Å². The Morgan fingerprint density at radius 2 is 0.928 bits per heavy atom. The molecule has 0 N–H and O–H groups in total. The molecule has 3 nitrogen and oxygen atoms in total. The van der Waals surface area contributed by atoms with Crippen LogP contribution < -0.4 is 31.1 Å². The molecule has 0 bridgehead atoms. The average Bonchev–Trinajstić information content (AvgIpc) is 1.81. The van der Waals surface area contributed by atoms with Crippen LogP contribution in [-0.2, 0) is 5.41 Å². The number of benzene rings is 12. The summed E-state index contributed by atoms with van der Waals surface area (Å²) >= 11 is 0. The third-order valence-corrected chi connectivity index (χ3v) is 18.8. The van der Waals surface area contributed by atoms with E-state index in [1.807, 2.05) is 0 Å². The van der Waals surface area contributed by atoms with Gasteiger partial charge in [0.2, 0.25) is 0 Å². The Kier molecular flexibility index (Phi) is 11.1. The summed E-state index contributed by atoms with van der Waals surface area (Å²) in [4.78, 5) is 7.73. The minimum absolute atomic E-state index is 0.0458. The number of hydrogen-bond donors (Lipinski definition) is 0. The molecule has 2 aliphatic carbocycles. The van der Waals surface area contributed by atoms with Crippen LogP contribution in [0.25, 0.3) is 44.2 Å². The van der Waals surface area contributed by atoms with Crippen LogP contribution in [0.1, 0.15) is 84.0 Å². The highest BCUT2D eigenvalue weighted by atomic mass is 15.2. The number of nitrogens with zero attached hydrogens (tertiary/aromatic N) is 3. The highest BCUT2D eigenvalue weighted by Gasteiger charge is 2.54. The highest BCUT2D eigenvalue weighted by Crippen LogP contribution is 2.66. The van der Waals surface area contributed by atoms with Crippen molar-refractivity contribution in [2.45, 2.75) is 58.8 Å². The number of fused-ring (bicyclic) bond motifs is 16. The number of hydrogen-bond acceptors (Lipinski definition) is 3. The van der Waals surface area contributed by atoms with Crippen molar-refractivity contribution in [3.05, 3.63) is 299 Å². The first-order valence-corrected chi connectivity index (χ1v) is 29.7. The van der Waals surface area contributed by atoms with E-state index in [4.69, 9.17) is 0 Å². The molecular formula is C79H62BN3. The zero-order valence-electron chi connectivity index (χ0n) is 47.8. The van der Waals surface area contributed by atoms with Gasteiger partial charge in [-0.1, -0.05) is 216 Å². The molecule has 4 aliphatic rings. The molecule has 0 aromatic heterocycles. The van der Waals surface area contributed by atoms with Crippen molar-refractivity contribution in [2.75, 3.05) is 14.7 Å². The summed E-state index contributed by atoms with van der Waals surface area (Å²) in [7, 11) is 0. The van der Waals surface area contributed by atoms with Gasteiger partial charge in [0.15, 0.2) is 0 Å². The highest BCUT2D eigenvalue weighted by molar-refractivity contribution is 7.00. The monoisotopic (exact) mass is 1060 g/mol. The van der Waals surface area contributed by atoms with Crippen molar-refractivity contribution in [3.63, 3.8) is 0 Å². The lowest BCUT2D eigenvalue weighted by Gasteiger charge is -2.45. The molecule has 1 spiro atoms. The summed E-state index contributed by atoms with van der Waals surface area (Å²) in [5.74, 6) is 0.790. The molecule has 16 rings (SSSR count). The van der Waals surface area contributed by atoms with Gasteiger partial charge in [-0.2, -0.15) is 0 Å². The molecule has 1 atom stereocenters. The molecule has 0 saturated carbocycles. The maximum Gasteiger partial charge on any atom is 0.252 e. The zero-order chi connectivity index (χ0) is 55.8. The summed E-state index contributed by atoms with van der Waals surface area (Å²) in [6.45, 7) is 13.7. The van der Waals surface area contributed by atoms with Crippen LogP contribution in [0.15, 0.2) is 255 Å². The minimum Gasteiger partial charge on any atom is -0.311 e. The first-order valence-electron chi connectivity index (χ1n) is 29.7. The fourth-order valence-corrected chi connectivity index (χ4v) is 15.0. The SMILES string of the molecule is Cc1cc2c3c(c1)N(c1ccccc1)c1cc4c(cc1B3c1cc(C(C)C)ccc1N2c1ccc(C(C)C)cc1)-c1ccccc1C41c2ccccc2-c2c1cc(N(c1ccccc1C)c1ccccc1-c1ccccc1)c1ccccc21. The second kappa shape index (κ2) is 18.7. The molecule has 396 valence electrons. The van der Waals surface area contributed by atoms with Gasteiger partial charge in [-0.05, 0) is 187 Å². The van der Waals surface area contributed by atoms with Crippen molar-refractivity contribution < 1.29 is 0 Å². The molecule has 0 fully saturated rings. The Labute approximate surface area is 488 Å². The van der Waals surface area contributed by atoms with Gasteiger partial charge in [0.1, 0.15) is 0 Å². The predicted octanol–water partition coefficient (Wildman–Crippen LogP) is 19.3. The van der Waals surface area contributed by atoms with E-state index in [1.54, 1.807) is 0 Å². The van der Waals surface area contributed by atoms with Crippen molar-refractivity contribution >= 4 is 85.1 Å². The summed E-state index contributed by atoms with van der Waals surface area (Å²) in [6, 6.07) is 97.3. The summed E-state index contributed by atoms with van der Waals surface area (Å²) in [5, 5.41) is 2.45. The number of para-hydroxylation sites is 3. The molecule has 0 amide bonds. The molecule has 12 aromatic carbocycles. The second-order valence-corrected chi connectivity index (χ2v) is 24.0. The van der Waals surface area contributed by atoms with E-state index in [-0.39, 0.29) is 6.71 Å². The maximum absolute atomic E-state index is 2.65. The second-order valence-electron chi connectivity index (χ2n) is 24.0. The van der Waals surface area contributed by atoms with E-state index in [1.165, 1.54) is 133 Å². The lowest BCUT2D eigenvalue weighted by molar-refractivity contribution is 0.794. The molecule has 0 radical (unpaired) electrons.